The van der Waals surface area contributed by atoms with Gasteiger partial charge < -0.3 is 21.2 Å². The summed E-state index contributed by atoms with van der Waals surface area (Å²) in [5.74, 6) is 4.76. The van der Waals surface area contributed by atoms with Crippen molar-refractivity contribution in [2.45, 2.75) is 25.3 Å². The van der Waals surface area contributed by atoms with Crippen LogP contribution in [0.1, 0.15) is 40.2 Å². The molecule has 1 aliphatic carbocycles. The van der Waals surface area contributed by atoms with Gasteiger partial charge in [0.25, 0.3) is 5.91 Å². The number of carbonyl (C=O) groups excluding carboxylic acids is 1. The van der Waals surface area contributed by atoms with Crippen LogP contribution in [0, 0.1) is 5.82 Å². The number of nitrogens with two attached hydrogens (primary N) is 2. The van der Waals surface area contributed by atoms with E-state index in [1.807, 2.05) is 6.07 Å². The van der Waals surface area contributed by atoms with Gasteiger partial charge in [-0.1, -0.05) is 6.07 Å². The highest BCUT2D eigenvalue weighted by molar-refractivity contribution is 5.94. The van der Waals surface area contributed by atoms with E-state index in [0.29, 0.717) is 17.3 Å². The van der Waals surface area contributed by atoms with Gasteiger partial charge in [-0.25, -0.2) is 9.37 Å². The molecule has 0 atom stereocenters. The Kier molecular flexibility index (Phi) is 4.71. The number of nitrogens with one attached hydrogen (secondary N) is 2. The molecule has 1 aromatic carbocycles. The fourth-order valence-electron chi connectivity index (χ4n) is 2.79. The van der Waals surface area contributed by atoms with Gasteiger partial charge in [-0.3, -0.25) is 10.6 Å². The Labute approximate surface area is 144 Å². The second-order valence-corrected chi connectivity index (χ2v) is 5.91. The predicted molar refractivity (Wildman–Crippen MR) is 92.6 cm³/mol. The molecule has 25 heavy (non-hydrogen) atoms. The summed E-state index contributed by atoms with van der Waals surface area (Å²) in [5.41, 5.74) is 11.7. The molecule has 8 heteroatoms. The number of pyridine rings is 1. The lowest BCUT2D eigenvalue weighted by Gasteiger charge is -2.17. The lowest BCUT2D eigenvalue weighted by atomic mass is 10.00. The molecule has 0 radical (unpaired) electrons. The lowest BCUT2D eigenvalue weighted by molar-refractivity contribution is 0.0950. The normalized spacial score (nSPS) is 13.4. The van der Waals surface area contributed by atoms with E-state index in [1.54, 1.807) is 6.07 Å². The van der Waals surface area contributed by atoms with Gasteiger partial charge >= 0.3 is 0 Å². The van der Waals surface area contributed by atoms with Crippen LogP contribution in [0.15, 0.2) is 24.4 Å². The molecule has 1 aliphatic rings. The van der Waals surface area contributed by atoms with E-state index >= 15 is 0 Å². The summed E-state index contributed by atoms with van der Waals surface area (Å²) >= 11 is 0. The van der Waals surface area contributed by atoms with Crippen LogP contribution >= 0.6 is 0 Å². The third kappa shape index (κ3) is 3.48. The number of methoxy groups -OCH3 is 1. The first-order chi connectivity index (χ1) is 12.0. The standard InChI is InChI=1S/C17H20FN5O2/c1-25-17-13(18)6-10(7-22-17)16(24)21-8-12-11(9-2-3-9)4-5-14(19)15(12)23-20/h4-7,9,23H,2-3,8,19-20H2,1H3,(H,21,24). The highest BCUT2D eigenvalue weighted by atomic mass is 19.1. The molecule has 1 heterocycles. The van der Waals surface area contributed by atoms with Gasteiger partial charge in [0.2, 0.25) is 5.88 Å². The summed E-state index contributed by atoms with van der Waals surface area (Å²) in [5, 5.41) is 2.77. The lowest BCUT2D eigenvalue weighted by Crippen LogP contribution is -2.25. The minimum atomic E-state index is -0.693. The average Bonchev–Trinajstić information content (AvgIpc) is 3.44. The number of amides is 1. The first-order valence-corrected chi connectivity index (χ1v) is 7.90. The minimum Gasteiger partial charge on any atom is -0.479 e. The zero-order valence-corrected chi connectivity index (χ0v) is 13.8. The average molecular weight is 345 g/mol. The molecule has 2 aromatic rings. The second kappa shape index (κ2) is 6.94. The molecule has 1 amide bonds. The van der Waals surface area contributed by atoms with Crippen molar-refractivity contribution in [3.63, 3.8) is 0 Å². The third-order valence-electron chi connectivity index (χ3n) is 4.23. The Morgan fingerprint density at radius 1 is 1.44 bits per heavy atom. The largest absolute Gasteiger partial charge is 0.479 e. The van der Waals surface area contributed by atoms with Gasteiger partial charge in [-0.05, 0) is 36.5 Å². The Bertz CT molecular complexity index is 808. The molecule has 0 aliphatic heterocycles. The van der Waals surface area contributed by atoms with Crippen LogP contribution < -0.4 is 27.1 Å². The summed E-state index contributed by atoms with van der Waals surface area (Å²) in [4.78, 5) is 16.1. The van der Waals surface area contributed by atoms with Crippen molar-refractivity contribution in [1.29, 1.82) is 0 Å². The maximum Gasteiger partial charge on any atom is 0.253 e. The van der Waals surface area contributed by atoms with Crippen LogP contribution in [0.5, 0.6) is 5.88 Å². The Morgan fingerprint density at radius 3 is 2.80 bits per heavy atom. The van der Waals surface area contributed by atoms with Crippen LogP contribution in [0.3, 0.4) is 0 Å². The van der Waals surface area contributed by atoms with Gasteiger partial charge in [-0.2, -0.15) is 0 Å². The van der Waals surface area contributed by atoms with Gasteiger partial charge in [0.15, 0.2) is 5.82 Å². The summed E-state index contributed by atoms with van der Waals surface area (Å²) in [6, 6.07) is 4.85. The molecule has 1 saturated carbocycles. The summed E-state index contributed by atoms with van der Waals surface area (Å²) in [7, 11) is 1.31. The van der Waals surface area contributed by atoms with E-state index in [9.17, 15) is 9.18 Å². The summed E-state index contributed by atoms with van der Waals surface area (Å²) < 4.78 is 18.5. The molecular weight excluding hydrogens is 325 g/mol. The molecule has 0 bridgehead atoms. The van der Waals surface area contributed by atoms with Crippen molar-refractivity contribution in [2.24, 2.45) is 5.84 Å². The van der Waals surface area contributed by atoms with Crippen LogP contribution in [0.25, 0.3) is 0 Å². The number of benzene rings is 1. The topological polar surface area (TPSA) is 115 Å². The number of aromatic nitrogens is 1. The quantitative estimate of drug-likeness (QED) is 0.361. The Balaban J connectivity index is 1.80. The van der Waals surface area contributed by atoms with Crippen molar-refractivity contribution in [3.8, 4) is 5.88 Å². The number of halogens is 1. The minimum absolute atomic E-state index is 0.109. The Morgan fingerprint density at radius 2 is 2.20 bits per heavy atom. The maximum atomic E-state index is 13.7. The highest BCUT2D eigenvalue weighted by Crippen LogP contribution is 2.44. The number of hydrogen-bond acceptors (Lipinski definition) is 6. The molecule has 0 saturated heterocycles. The van der Waals surface area contributed by atoms with Crippen LogP contribution in [-0.2, 0) is 6.54 Å². The monoisotopic (exact) mass is 345 g/mol. The van der Waals surface area contributed by atoms with Crippen molar-refractivity contribution in [2.75, 3.05) is 18.3 Å². The van der Waals surface area contributed by atoms with Crippen LogP contribution in [-0.4, -0.2) is 18.0 Å². The van der Waals surface area contributed by atoms with Crippen LogP contribution in [0.2, 0.25) is 0 Å². The second-order valence-electron chi connectivity index (χ2n) is 5.91. The smallest absolute Gasteiger partial charge is 0.253 e. The molecular formula is C17H20FN5O2. The van der Waals surface area contributed by atoms with Crippen molar-refractivity contribution in [1.82, 2.24) is 10.3 Å². The summed E-state index contributed by atoms with van der Waals surface area (Å²) in [6.07, 6.45) is 3.46. The van der Waals surface area contributed by atoms with Crippen molar-refractivity contribution in [3.05, 3.63) is 46.9 Å². The number of hydrazine groups is 1. The zero-order chi connectivity index (χ0) is 18.0. The van der Waals surface area contributed by atoms with Gasteiger partial charge in [0, 0.05) is 18.3 Å². The molecule has 1 aromatic heterocycles. The van der Waals surface area contributed by atoms with E-state index in [1.165, 1.54) is 13.3 Å². The number of nitrogen functional groups attached to an aromatic ring is 2. The molecule has 3 rings (SSSR count). The van der Waals surface area contributed by atoms with Gasteiger partial charge in [0.1, 0.15) is 0 Å². The zero-order valence-electron chi connectivity index (χ0n) is 13.8. The fraction of sp³-hybridized carbons (Fsp3) is 0.294. The van der Waals surface area contributed by atoms with Crippen LogP contribution in [0.4, 0.5) is 15.8 Å². The van der Waals surface area contributed by atoms with Crippen molar-refractivity contribution >= 4 is 17.3 Å². The number of rotatable bonds is 6. The predicted octanol–water partition coefficient (Wildman–Crippen LogP) is 1.90. The van der Waals surface area contributed by atoms with E-state index < -0.39 is 11.7 Å². The molecule has 7 nitrogen and oxygen atoms in total. The Hall–Kier alpha value is -2.87. The molecule has 1 fully saturated rings. The number of carbonyl (C=O) groups is 1. The number of nitrogens with zero attached hydrogens (tertiary/aromatic N) is 1. The SMILES string of the molecule is COc1ncc(C(=O)NCc2c(C3CC3)ccc(N)c2NN)cc1F. The molecule has 6 N–H and O–H groups in total. The fourth-order valence-corrected chi connectivity index (χ4v) is 2.79. The molecule has 0 spiro atoms. The number of hydrogen-bond donors (Lipinski definition) is 4. The highest BCUT2D eigenvalue weighted by Gasteiger charge is 2.28. The van der Waals surface area contributed by atoms with Gasteiger partial charge in [0.05, 0.1) is 24.0 Å². The first kappa shape index (κ1) is 17.0. The third-order valence-corrected chi connectivity index (χ3v) is 4.23. The first-order valence-electron chi connectivity index (χ1n) is 7.90. The maximum absolute atomic E-state index is 13.7. The molecule has 0 unspecified atom stereocenters. The van der Waals surface area contributed by atoms with E-state index in [0.717, 1.165) is 30.0 Å². The van der Waals surface area contributed by atoms with E-state index in [-0.39, 0.29) is 18.0 Å². The summed E-state index contributed by atoms with van der Waals surface area (Å²) in [6.45, 7) is 0.225. The van der Waals surface area contributed by atoms with Crippen molar-refractivity contribution < 1.29 is 13.9 Å². The van der Waals surface area contributed by atoms with E-state index in [4.69, 9.17) is 16.3 Å². The van der Waals surface area contributed by atoms with E-state index in [2.05, 4.69) is 15.7 Å². The molecule has 132 valence electrons. The number of ether oxygens (including phenoxy) is 1. The number of anilines is 2. The van der Waals surface area contributed by atoms with Gasteiger partial charge in [-0.15, -0.1) is 0 Å².